The fourth-order valence-electron chi connectivity index (χ4n) is 1.21. The quantitative estimate of drug-likeness (QED) is 0.621. The number of hydrogen-bond donors (Lipinski definition) is 2. The van der Waals surface area contributed by atoms with E-state index in [0.29, 0.717) is 5.69 Å². The molecule has 1 aliphatic heterocycles. The molecule has 4 heteroatoms. The zero-order chi connectivity index (χ0) is 9.42. The highest BCUT2D eigenvalue weighted by molar-refractivity contribution is 8.01. The maximum absolute atomic E-state index is 11.3. The predicted molar refractivity (Wildman–Crippen MR) is 52.1 cm³/mol. The van der Waals surface area contributed by atoms with Crippen LogP contribution in [0.5, 0.6) is 5.75 Å². The molecule has 0 saturated carbocycles. The SMILES string of the molecule is CC1Sc2cccc(O)c2NC1=O. The van der Waals surface area contributed by atoms with E-state index in [4.69, 9.17) is 0 Å². The molecule has 1 amide bonds. The first-order chi connectivity index (χ1) is 6.18. The Kier molecular flexibility index (Phi) is 1.92. The summed E-state index contributed by atoms with van der Waals surface area (Å²) in [6.07, 6.45) is 0. The van der Waals surface area contributed by atoms with E-state index in [1.165, 1.54) is 11.8 Å². The van der Waals surface area contributed by atoms with Crippen LogP contribution in [0.3, 0.4) is 0 Å². The van der Waals surface area contributed by atoms with E-state index in [1.54, 1.807) is 12.1 Å². The normalized spacial score (nSPS) is 20.7. The van der Waals surface area contributed by atoms with Gasteiger partial charge in [0, 0.05) is 4.90 Å². The van der Waals surface area contributed by atoms with Crippen molar-refractivity contribution >= 4 is 23.4 Å². The minimum atomic E-state index is -0.0886. The number of anilines is 1. The molecule has 1 atom stereocenters. The first-order valence-corrected chi connectivity index (χ1v) is 4.86. The molecule has 0 radical (unpaired) electrons. The molecule has 0 aliphatic carbocycles. The highest BCUT2D eigenvalue weighted by atomic mass is 32.2. The molecule has 68 valence electrons. The number of aromatic hydroxyl groups is 1. The van der Waals surface area contributed by atoms with E-state index >= 15 is 0 Å². The van der Waals surface area contributed by atoms with Crippen LogP contribution in [-0.4, -0.2) is 16.3 Å². The van der Waals surface area contributed by atoms with Gasteiger partial charge in [0.15, 0.2) is 0 Å². The number of amides is 1. The predicted octanol–water partition coefficient (Wildman–Crippen LogP) is 1.82. The lowest BCUT2D eigenvalue weighted by molar-refractivity contribution is -0.115. The van der Waals surface area contributed by atoms with Crippen LogP contribution in [0.15, 0.2) is 23.1 Å². The third kappa shape index (κ3) is 1.37. The Balaban J connectivity index is 2.48. The zero-order valence-corrected chi connectivity index (χ0v) is 7.89. The van der Waals surface area contributed by atoms with Crippen molar-refractivity contribution in [3.05, 3.63) is 18.2 Å². The molecule has 3 nitrogen and oxygen atoms in total. The van der Waals surface area contributed by atoms with E-state index in [2.05, 4.69) is 5.32 Å². The molecule has 2 N–H and O–H groups in total. The Bertz CT molecular complexity index is 365. The van der Waals surface area contributed by atoms with Crippen molar-refractivity contribution in [3.63, 3.8) is 0 Å². The standard InChI is InChI=1S/C9H9NO2S/c1-5-9(12)10-8-6(11)3-2-4-7(8)13-5/h2-5,11H,1H3,(H,10,12). The molecule has 1 heterocycles. The van der Waals surface area contributed by atoms with Crippen molar-refractivity contribution in [2.45, 2.75) is 17.1 Å². The molecule has 0 aromatic heterocycles. The molecule has 2 rings (SSSR count). The summed E-state index contributed by atoms with van der Waals surface area (Å²) in [6, 6.07) is 5.22. The Hall–Kier alpha value is -1.16. The van der Waals surface area contributed by atoms with Crippen LogP contribution in [0.4, 0.5) is 5.69 Å². The maximum Gasteiger partial charge on any atom is 0.237 e. The number of hydrogen-bond acceptors (Lipinski definition) is 3. The van der Waals surface area contributed by atoms with Gasteiger partial charge in [0.05, 0.1) is 10.9 Å². The Morgan fingerprint density at radius 3 is 3.08 bits per heavy atom. The number of phenolic OH excluding ortho intramolecular Hbond substituents is 1. The van der Waals surface area contributed by atoms with Crippen molar-refractivity contribution in [1.29, 1.82) is 0 Å². The maximum atomic E-state index is 11.3. The minimum Gasteiger partial charge on any atom is -0.506 e. The summed E-state index contributed by atoms with van der Waals surface area (Å²) in [4.78, 5) is 12.2. The number of carbonyl (C=O) groups is 1. The summed E-state index contributed by atoms with van der Waals surface area (Å²) in [5.74, 6) is 0.0734. The minimum absolute atomic E-state index is 0.0565. The van der Waals surface area contributed by atoms with Crippen LogP contribution in [0.2, 0.25) is 0 Å². The van der Waals surface area contributed by atoms with Gasteiger partial charge in [0.2, 0.25) is 5.91 Å². The van der Waals surface area contributed by atoms with Gasteiger partial charge in [0.1, 0.15) is 5.75 Å². The molecular formula is C9H9NO2S. The topological polar surface area (TPSA) is 49.3 Å². The van der Waals surface area contributed by atoms with Gasteiger partial charge in [0.25, 0.3) is 0 Å². The van der Waals surface area contributed by atoms with Crippen molar-refractivity contribution in [1.82, 2.24) is 0 Å². The first-order valence-electron chi connectivity index (χ1n) is 3.98. The lowest BCUT2D eigenvalue weighted by Gasteiger charge is -2.21. The average Bonchev–Trinajstić information content (AvgIpc) is 2.09. The average molecular weight is 195 g/mol. The van der Waals surface area contributed by atoms with Gasteiger partial charge >= 0.3 is 0 Å². The lowest BCUT2D eigenvalue weighted by Crippen LogP contribution is -2.26. The molecule has 0 bridgehead atoms. The summed E-state index contributed by atoms with van der Waals surface area (Å²) in [5, 5.41) is 12.0. The van der Waals surface area contributed by atoms with Gasteiger partial charge in [-0.1, -0.05) is 6.07 Å². The Labute approximate surface area is 80.1 Å². The Morgan fingerprint density at radius 1 is 1.54 bits per heavy atom. The molecule has 1 unspecified atom stereocenters. The van der Waals surface area contributed by atoms with E-state index in [-0.39, 0.29) is 16.9 Å². The van der Waals surface area contributed by atoms with Crippen LogP contribution in [0.1, 0.15) is 6.92 Å². The Morgan fingerprint density at radius 2 is 2.31 bits per heavy atom. The molecule has 1 aromatic rings. The summed E-state index contributed by atoms with van der Waals surface area (Å²) in [7, 11) is 0. The fourth-order valence-corrected chi connectivity index (χ4v) is 2.19. The molecule has 1 aromatic carbocycles. The van der Waals surface area contributed by atoms with Gasteiger partial charge in [-0.2, -0.15) is 0 Å². The summed E-state index contributed by atoms with van der Waals surface area (Å²) < 4.78 is 0. The van der Waals surface area contributed by atoms with Crippen LogP contribution in [-0.2, 0) is 4.79 Å². The number of thioether (sulfide) groups is 1. The molecule has 0 fully saturated rings. The number of nitrogens with one attached hydrogen (secondary N) is 1. The summed E-state index contributed by atoms with van der Waals surface area (Å²) >= 11 is 1.46. The zero-order valence-electron chi connectivity index (χ0n) is 7.07. The van der Waals surface area contributed by atoms with Crippen LogP contribution in [0, 0.1) is 0 Å². The smallest absolute Gasteiger partial charge is 0.237 e. The van der Waals surface area contributed by atoms with Crippen molar-refractivity contribution < 1.29 is 9.90 Å². The van der Waals surface area contributed by atoms with E-state index < -0.39 is 0 Å². The van der Waals surface area contributed by atoms with E-state index in [1.807, 2.05) is 13.0 Å². The van der Waals surface area contributed by atoms with Crippen molar-refractivity contribution in [2.75, 3.05) is 5.32 Å². The van der Waals surface area contributed by atoms with Gasteiger partial charge in [-0.25, -0.2) is 0 Å². The largest absolute Gasteiger partial charge is 0.506 e. The fraction of sp³-hybridized carbons (Fsp3) is 0.222. The van der Waals surface area contributed by atoms with Gasteiger partial charge in [-0.15, -0.1) is 11.8 Å². The number of benzene rings is 1. The molecule has 1 aliphatic rings. The first kappa shape index (κ1) is 8.44. The third-order valence-electron chi connectivity index (χ3n) is 1.93. The monoisotopic (exact) mass is 195 g/mol. The summed E-state index contributed by atoms with van der Waals surface area (Å²) in [5.41, 5.74) is 0.538. The molecule has 0 saturated heterocycles. The number of fused-ring (bicyclic) bond motifs is 1. The number of carbonyl (C=O) groups excluding carboxylic acids is 1. The second-order valence-corrected chi connectivity index (χ2v) is 4.28. The van der Waals surface area contributed by atoms with Gasteiger partial charge in [-0.05, 0) is 19.1 Å². The second kappa shape index (κ2) is 2.96. The highest BCUT2D eigenvalue weighted by Gasteiger charge is 2.24. The molecular weight excluding hydrogens is 186 g/mol. The molecule has 0 spiro atoms. The number of rotatable bonds is 0. The van der Waals surface area contributed by atoms with Crippen molar-refractivity contribution in [3.8, 4) is 5.75 Å². The van der Waals surface area contributed by atoms with Crippen LogP contribution in [0.25, 0.3) is 0 Å². The van der Waals surface area contributed by atoms with Gasteiger partial charge in [-0.3, -0.25) is 4.79 Å². The van der Waals surface area contributed by atoms with E-state index in [0.717, 1.165) is 4.90 Å². The van der Waals surface area contributed by atoms with Crippen LogP contribution >= 0.6 is 11.8 Å². The van der Waals surface area contributed by atoms with Gasteiger partial charge < -0.3 is 10.4 Å². The second-order valence-electron chi connectivity index (χ2n) is 2.90. The lowest BCUT2D eigenvalue weighted by atomic mass is 10.2. The third-order valence-corrected chi connectivity index (χ3v) is 3.09. The van der Waals surface area contributed by atoms with E-state index in [9.17, 15) is 9.90 Å². The van der Waals surface area contributed by atoms with Crippen molar-refractivity contribution in [2.24, 2.45) is 0 Å². The number of phenols is 1. The summed E-state index contributed by atoms with van der Waals surface area (Å²) in [6.45, 7) is 1.84. The molecule has 13 heavy (non-hydrogen) atoms. The highest BCUT2D eigenvalue weighted by Crippen LogP contribution is 2.40. The van der Waals surface area contributed by atoms with Crippen LogP contribution < -0.4 is 5.32 Å². The number of para-hydroxylation sites is 1.